The Bertz CT molecular complexity index is 1210. The van der Waals surface area contributed by atoms with E-state index in [4.69, 9.17) is 4.42 Å². The summed E-state index contributed by atoms with van der Waals surface area (Å²) >= 11 is 0. The van der Waals surface area contributed by atoms with Gasteiger partial charge >= 0.3 is 5.63 Å². The van der Waals surface area contributed by atoms with E-state index in [0.717, 1.165) is 27.8 Å². The van der Waals surface area contributed by atoms with Crippen molar-refractivity contribution in [2.45, 2.75) is 13.3 Å². The largest absolute Gasteiger partial charge is 0.423 e. The third-order valence-electron chi connectivity index (χ3n) is 4.62. The molecule has 28 heavy (non-hydrogen) atoms. The van der Waals surface area contributed by atoms with Crippen LogP contribution >= 0.6 is 0 Å². The topological polar surface area (TPSA) is 59.3 Å². The van der Waals surface area contributed by atoms with Gasteiger partial charge in [-0.15, -0.1) is 0 Å². The van der Waals surface area contributed by atoms with Gasteiger partial charge in [-0.1, -0.05) is 60.7 Å². The molecule has 0 fully saturated rings. The first-order valence-corrected chi connectivity index (χ1v) is 9.08. The highest BCUT2D eigenvalue weighted by atomic mass is 16.4. The number of benzene rings is 3. The molecule has 0 unspecified atom stereocenters. The molecule has 0 aliphatic carbocycles. The summed E-state index contributed by atoms with van der Waals surface area (Å²) in [5.41, 5.74) is 4.41. The van der Waals surface area contributed by atoms with Gasteiger partial charge in [0.05, 0.1) is 6.42 Å². The van der Waals surface area contributed by atoms with Crippen molar-refractivity contribution in [2.24, 2.45) is 0 Å². The van der Waals surface area contributed by atoms with Crippen molar-refractivity contribution in [1.82, 2.24) is 0 Å². The molecular weight excluding hydrogens is 350 g/mol. The Balaban J connectivity index is 1.63. The molecule has 0 spiro atoms. The predicted molar refractivity (Wildman–Crippen MR) is 111 cm³/mol. The first kappa shape index (κ1) is 17.7. The zero-order chi connectivity index (χ0) is 19.5. The molecule has 0 saturated heterocycles. The van der Waals surface area contributed by atoms with Crippen LogP contribution in [0.15, 0.2) is 88.1 Å². The van der Waals surface area contributed by atoms with Crippen LogP contribution in [0.3, 0.4) is 0 Å². The van der Waals surface area contributed by atoms with Gasteiger partial charge in [0, 0.05) is 22.7 Å². The molecule has 4 heteroatoms. The number of hydrogen-bond donors (Lipinski definition) is 1. The van der Waals surface area contributed by atoms with E-state index >= 15 is 0 Å². The van der Waals surface area contributed by atoms with Gasteiger partial charge in [-0.2, -0.15) is 0 Å². The van der Waals surface area contributed by atoms with Crippen molar-refractivity contribution in [3.63, 3.8) is 0 Å². The van der Waals surface area contributed by atoms with Gasteiger partial charge in [0.15, 0.2) is 0 Å². The lowest BCUT2D eigenvalue weighted by molar-refractivity contribution is -0.115. The SMILES string of the molecule is Cc1ccc2c(CC(=O)Nc3ccccc3-c3ccccc3)cc(=O)oc2c1. The van der Waals surface area contributed by atoms with E-state index in [0.29, 0.717) is 11.1 Å². The second kappa shape index (κ2) is 7.53. The summed E-state index contributed by atoms with van der Waals surface area (Å²) in [6.07, 6.45) is 0.0916. The number of hydrogen-bond acceptors (Lipinski definition) is 3. The van der Waals surface area contributed by atoms with Gasteiger partial charge in [0.1, 0.15) is 5.58 Å². The zero-order valence-electron chi connectivity index (χ0n) is 15.4. The fourth-order valence-electron chi connectivity index (χ4n) is 3.31. The summed E-state index contributed by atoms with van der Waals surface area (Å²) in [6, 6.07) is 24.6. The molecule has 1 heterocycles. The Hall–Kier alpha value is -3.66. The maximum absolute atomic E-state index is 12.7. The summed E-state index contributed by atoms with van der Waals surface area (Å²) < 4.78 is 5.27. The lowest BCUT2D eigenvalue weighted by Crippen LogP contribution is -2.16. The third kappa shape index (κ3) is 3.71. The predicted octanol–water partition coefficient (Wildman–Crippen LogP) is 4.95. The highest BCUT2D eigenvalue weighted by molar-refractivity contribution is 5.98. The second-order valence-electron chi connectivity index (χ2n) is 6.73. The lowest BCUT2D eigenvalue weighted by Gasteiger charge is -2.12. The Morgan fingerprint density at radius 1 is 0.929 bits per heavy atom. The van der Waals surface area contributed by atoms with E-state index in [-0.39, 0.29) is 12.3 Å². The summed E-state index contributed by atoms with van der Waals surface area (Å²) in [5, 5.41) is 3.76. The van der Waals surface area contributed by atoms with Crippen molar-refractivity contribution in [2.75, 3.05) is 5.32 Å². The summed E-state index contributed by atoms with van der Waals surface area (Å²) in [5.74, 6) is -0.184. The van der Waals surface area contributed by atoms with Crippen LogP contribution in [0, 0.1) is 6.92 Å². The van der Waals surface area contributed by atoms with E-state index in [1.165, 1.54) is 6.07 Å². The molecule has 3 aromatic carbocycles. The molecule has 1 aromatic heterocycles. The Kier molecular flexibility index (Phi) is 4.77. The molecule has 0 saturated carbocycles. The Morgan fingerprint density at radius 3 is 2.50 bits per heavy atom. The number of para-hydroxylation sites is 1. The molecule has 0 bridgehead atoms. The second-order valence-corrected chi connectivity index (χ2v) is 6.73. The van der Waals surface area contributed by atoms with E-state index in [2.05, 4.69) is 5.32 Å². The minimum Gasteiger partial charge on any atom is -0.423 e. The monoisotopic (exact) mass is 369 g/mol. The van der Waals surface area contributed by atoms with Crippen LogP contribution < -0.4 is 10.9 Å². The van der Waals surface area contributed by atoms with Crippen LogP contribution in [0.2, 0.25) is 0 Å². The maximum atomic E-state index is 12.7. The van der Waals surface area contributed by atoms with Crippen molar-refractivity contribution in [1.29, 1.82) is 0 Å². The zero-order valence-corrected chi connectivity index (χ0v) is 15.4. The normalized spacial score (nSPS) is 10.8. The van der Waals surface area contributed by atoms with Crippen molar-refractivity contribution in [3.8, 4) is 11.1 Å². The number of carbonyl (C=O) groups is 1. The molecule has 0 aliphatic rings. The maximum Gasteiger partial charge on any atom is 0.336 e. The van der Waals surface area contributed by atoms with Crippen LogP contribution in [0.5, 0.6) is 0 Å². The molecule has 0 aliphatic heterocycles. The number of anilines is 1. The molecular formula is C24H19NO3. The third-order valence-corrected chi connectivity index (χ3v) is 4.62. The van der Waals surface area contributed by atoms with Crippen LogP contribution in [-0.2, 0) is 11.2 Å². The van der Waals surface area contributed by atoms with E-state index in [1.807, 2.05) is 79.7 Å². The number of aryl methyl sites for hydroxylation is 1. The highest BCUT2D eigenvalue weighted by Crippen LogP contribution is 2.28. The van der Waals surface area contributed by atoms with Crippen molar-refractivity contribution in [3.05, 3.63) is 100 Å². The van der Waals surface area contributed by atoms with E-state index < -0.39 is 5.63 Å². The fourth-order valence-corrected chi connectivity index (χ4v) is 3.31. The molecule has 4 nitrogen and oxygen atoms in total. The number of carbonyl (C=O) groups excluding carboxylic acids is 1. The average molecular weight is 369 g/mol. The van der Waals surface area contributed by atoms with Crippen molar-refractivity contribution >= 4 is 22.6 Å². The molecule has 1 amide bonds. The first-order chi connectivity index (χ1) is 13.6. The minimum atomic E-state index is -0.453. The van der Waals surface area contributed by atoms with Gasteiger partial charge in [-0.3, -0.25) is 4.79 Å². The Labute approximate surface area is 162 Å². The molecule has 0 radical (unpaired) electrons. The number of rotatable bonds is 4. The van der Waals surface area contributed by atoms with Crippen molar-refractivity contribution < 1.29 is 9.21 Å². The smallest absolute Gasteiger partial charge is 0.336 e. The molecule has 4 aromatic rings. The summed E-state index contributed by atoms with van der Waals surface area (Å²) in [4.78, 5) is 24.6. The van der Waals surface area contributed by atoms with Gasteiger partial charge in [-0.25, -0.2) is 4.79 Å². The van der Waals surface area contributed by atoms with Gasteiger partial charge in [0.25, 0.3) is 0 Å². The molecule has 4 rings (SSSR count). The molecule has 0 atom stereocenters. The average Bonchev–Trinajstić information content (AvgIpc) is 2.68. The number of amides is 1. The Morgan fingerprint density at radius 2 is 1.68 bits per heavy atom. The van der Waals surface area contributed by atoms with Crippen LogP contribution in [-0.4, -0.2) is 5.91 Å². The first-order valence-electron chi connectivity index (χ1n) is 9.08. The molecule has 1 N–H and O–H groups in total. The standard InChI is InChI=1S/C24H19NO3/c1-16-11-12-20-18(15-24(27)28-22(20)13-16)14-23(26)25-21-10-6-5-9-19(21)17-7-3-2-4-8-17/h2-13,15H,14H2,1H3,(H,25,26). The summed E-state index contributed by atoms with van der Waals surface area (Å²) in [7, 11) is 0. The van der Waals surface area contributed by atoms with E-state index in [9.17, 15) is 9.59 Å². The quantitative estimate of drug-likeness (QED) is 0.518. The number of nitrogens with one attached hydrogen (secondary N) is 1. The van der Waals surface area contributed by atoms with Crippen LogP contribution in [0.25, 0.3) is 22.1 Å². The highest BCUT2D eigenvalue weighted by Gasteiger charge is 2.12. The van der Waals surface area contributed by atoms with Gasteiger partial charge in [-0.05, 0) is 35.7 Å². The van der Waals surface area contributed by atoms with Gasteiger partial charge < -0.3 is 9.73 Å². The van der Waals surface area contributed by atoms with Crippen LogP contribution in [0.4, 0.5) is 5.69 Å². The lowest BCUT2D eigenvalue weighted by atomic mass is 10.0. The minimum absolute atomic E-state index is 0.0916. The van der Waals surface area contributed by atoms with E-state index in [1.54, 1.807) is 0 Å². The van der Waals surface area contributed by atoms with Gasteiger partial charge in [0.2, 0.25) is 5.91 Å². The summed E-state index contributed by atoms with van der Waals surface area (Å²) in [6.45, 7) is 1.93. The van der Waals surface area contributed by atoms with Crippen LogP contribution in [0.1, 0.15) is 11.1 Å². The molecule has 138 valence electrons. The number of fused-ring (bicyclic) bond motifs is 1. The fraction of sp³-hybridized carbons (Fsp3) is 0.0833.